The number of aromatic nitrogens is 3. The summed E-state index contributed by atoms with van der Waals surface area (Å²) in [5.74, 6) is 5.88. The zero-order valence-corrected chi connectivity index (χ0v) is 28.1. The summed E-state index contributed by atoms with van der Waals surface area (Å²) in [5.41, 5.74) is 3.58. The largest absolute Gasteiger partial charge is 0.505 e. The molecule has 3 aliphatic rings. The summed E-state index contributed by atoms with van der Waals surface area (Å²) in [5, 5.41) is 20.4. The molecule has 0 aliphatic heterocycles. The Hall–Kier alpha value is -2.89. The van der Waals surface area contributed by atoms with Crippen LogP contribution in [0.15, 0.2) is 36.4 Å². The quantitative estimate of drug-likeness (QED) is 0.163. The second kappa shape index (κ2) is 13.8. The Bertz CT molecular complexity index is 1420. The molecule has 0 radical (unpaired) electrons. The normalized spacial score (nSPS) is 26.5. The minimum Gasteiger partial charge on any atom is -0.505 e. The van der Waals surface area contributed by atoms with Gasteiger partial charge in [0.2, 0.25) is 0 Å². The maximum Gasteiger partial charge on any atom is 0.306 e. The molecule has 2 aromatic carbocycles. The van der Waals surface area contributed by atoms with Crippen molar-refractivity contribution in [3.05, 3.63) is 47.5 Å². The molecule has 6 atom stereocenters. The number of aromatic hydroxyl groups is 1. The number of hydrogen-bond acceptors (Lipinski definition) is 5. The lowest BCUT2D eigenvalue weighted by Crippen LogP contribution is -2.14. The highest BCUT2D eigenvalue weighted by molar-refractivity contribution is 5.74. The lowest BCUT2D eigenvalue weighted by molar-refractivity contribution is -0.143. The molecule has 3 saturated carbocycles. The van der Waals surface area contributed by atoms with Crippen LogP contribution in [0, 0.1) is 35.5 Å². The third-order valence-corrected chi connectivity index (χ3v) is 11.7. The number of fused-ring (bicyclic) bond motifs is 2. The summed E-state index contributed by atoms with van der Waals surface area (Å²) in [6.07, 6.45) is 17.5. The fraction of sp³-hybridized carbons (Fsp3) is 0.667. The molecule has 3 fully saturated rings. The van der Waals surface area contributed by atoms with Crippen LogP contribution >= 0.6 is 0 Å². The van der Waals surface area contributed by atoms with Gasteiger partial charge >= 0.3 is 5.97 Å². The van der Waals surface area contributed by atoms with Crippen molar-refractivity contribution in [1.29, 1.82) is 0 Å². The SMILES string of the molecule is CCC1CC(CCC2CCC(CCCOC(=O)CCc3cc(-n4nc5ccccc5n4)c(O)c(C(C)(C)C)c3)C2)C2CCCC12. The first-order valence-electron chi connectivity index (χ1n) is 18.0. The van der Waals surface area contributed by atoms with Crippen LogP contribution in [-0.2, 0) is 21.4 Å². The third kappa shape index (κ3) is 7.41. The van der Waals surface area contributed by atoms with E-state index in [1.54, 1.807) is 0 Å². The van der Waals surface area contributed by atoms with E-state index in [0.717, 1.165) is 64.1 Å². The number of nitrogens with zero attached hydrogens (tertiary/aromatic N) is 3. The van der Waals surface area contributed by atoms with Gasteiger partial charge in [-0.25, -0.2) is 0 Å². The van der Waals surface area contributed by atoms with E-state index in [1.807, 2.05) is 36.4 Å². The molecule has 3 aliphatic carbocycles. The Balaban J connectivity index is 0.944. The van der Waals surface area contributed by atoms with Gasteiger partial charge in [-0.05, 0) is 116 Å². The number of hydrogen-bond donors (Lipinski definition) is 1. The van der Waals surface area contributed by atoms with Crippen molar-refractivity contribution in [2.24, 2.45) is 35.5 Å². The van der Waals surface area contributed by atoms with E-state index in [9.17, 15) is 9.90 Å². The topological polar surface area (TPSA) is 77.2 Å². The monoisotopic (exact) mass is 613 g/mol. The number of ether oxygens (including phenoxy) is 1. The molecule has 45 heavy (non-hydrogen) atoms. The van der Waals surface area contributed by atoms with E-state index >= 15 is 0 Å². The molecule has 1 heterocycles. The molecule has 244 valence electrons. The second-order valence-electron chi connectivity index (χ2n) is 15.6. The van der Waals surface area contributed by atoms with Crippen LogP contribution in [0.5, 0.6) is 5.75 Å². The lowest BCUT2D eigenvalue weighted by Gasteiger charge is -2.23. The van der Waals surface area contributed by atoms with Gasteiger partial charge in [0.25, 0.3) is 0 Å². The zero-order valence-electron chi connectivity index (χ0n) is 28.1. The van der Waals surface area contributed by atoms with E-state index in [-0.39, 0.29) is 17.1 Å². The van der Waals surface area contributed by atoms with E-state index in [0.29, 0.717) is 25.1 Å². The van der Waals surface area contributed by atoms with Gasteiger partial charge < -0.3 is 9.84 Å². The Labute approximate surface area is 270 Å². The van der Waals surface area contributed by atoms with Gasteiger partial charge in [0.1, 0.15) is 22.5 Å². The zero-order chi connectivity index (χ0) is 31.6. The molecule has 6 unspecified atom stereocenters. The van der Waals surface area contributed by atoms with Gasteiger partial charge in [-0.2, -0.15) is 0 Å². The maximum absolute atomic E-state index is 12.7. The van der Waals surface area contributed by atoms with Gasteiger partial charge in [-0.1, -0.05) is 78.0 Å². The van der Waals surface area contributed by atoms with Crippen LogP contribution in [0.4, 0.5) is 0 Å². The molecular weight excluding hydrogens is 558 g/mol. The van der Waals surface area contributed by atoms with Gasteiger partial charge in [-0.15, -0.1) is 15.0 Å². The summed E-state index contributed by atoms with van der Waals surface area (Å²) < 4.78 is 5.68. The average Bonchev–Trinajstić information content (AvgIpc) is 3.81. The predicted octanol–water partition coefficient (Wildman–Crippen LogP) is 9.34. The Morgan fingerprint density at radius 3 is 2.31 bits per heavy atom. The average molecular weight is 614 g/mol. The molecule has 0 saturated heterocycles. The third-order valence-electron chi connectivity index (χ3n) is 11.7. The molecule has 6 rings (SSSR count). The molecule has 6 heteroatoms. The predicted molar refractivity (Wildman–Crippen MR) is 181 cm³/mol. The maximum atomic E-state index is 12.7. The first-order chi connectivity index (χ1) is 21.7. The number of aryl methyl sites for hydroxylation is 1. The van der Waals surface area contributed by atoms with Crippen LogP contribution in [0.1, 0.15) is 122 Å². The smallest absolute Gasteiger partial charge is 0.306 e. The molecule has 0 spiro atoms. The summed E-state index contributed by atoms with van der Waals surface area (Å²) in [6.45, 7) is 9.15. The number of rotatable bonds is 12. The highest BCUT2D eigenvalue weighted by atomic mass is 16.5. The second-order valence-corrected chi connectivity index (χ2v) is 15.6. The van der Waals surface area contributed by atoms with Crippen LogP contribution in [0.3, 0.4) is 0 Å². The first-order valence-corrected chi connectivity index (χ1v) is 18.0. The van der Waals surface area contributed by atoms with Crippen LogP contribution in [-0.4, -0.2) is 32.7 Å². The van der Waals surface area contributed by atoms with Crippen molar-refractivity contribution in [3.63, 3.8) is 0 Å². The summed E-state index contributed by atoms with van der Waals surface area (Å²) in [4.78, 5) is 14.2. The van der Waals surface area contributed by atoms with Crippen molar-refractivity contribution in [2.75, 3.05) is 6.61 Å². The highest BCUT2D eigenvalue weighted by Gasteiger charge is 2.44. The van der Waals surface area contributed by atoms with E-state index in [2.05, 4.69) is 37.9 Å². The van der Waals surface area contributed by atoms with Crippen LogP contribution < -0.4 is 0 Å². The van der Waals surface area contributed by atoms with Crippen molar-refractivity contribution >= 4 is 17.0 Å². The van der Waals surface area contributed by atoms with Crippen molar-refractivity contribution in [3.8, 4) is 11.4 Å². The van der Waals surface area contributed by atoms with Gasteiger partial charge in [0, 0.05) is 12.0 Å². The van der Waals surface area contributed by atoms with E-state index in [4.69, 9.17) is 4.74 Å². The summed E-state index contributed by atoms with van der Waals surface area (Å²) in [7, 11) is 0. The molecule has 6 nitrogen and oxygen atoms in total. The van der Waals surface area contributed by atoms with Gasteiger partial charge in [0.15, 0.2) is 0 Å². The molecule has 1 aromatic heterocycles. The molecule has 0 amide bonds. The molecule has 3 aromatic rings. The van der Waals surface area contributed by atoms with E-state index < -0.39 is 0 Å². The number of carbonyl (C=O) groups excluding carboxylic acids is 1. The molecular formula is C39H55N3O3. The number of carbonyl (C=O) groups is 1. The standard InChI is InChI=1S/C39H55N3O3/c1-5-29-25-30(32-12-8-11-31(29)32)19-17-27-16-15-26(22-27)10-9-21-45-37(43)20-18-28-23-33(39(2,3)4)38(44)36(24-28)42-40-34-13-6-7-14-35(34)41-42/h6-7,13-14,23-24,26-27,29-32,44H,5,8-12,15-22,25H2,1-4H3. The summed E-state index contributed by atoms with van der Waals surface area (Å²) >= 11 is 0. The van der Waals surface area contributed by atoms with Crippen LogP contribution in [0.25, 0.3) is 16.7 Å². The van der Waals surface area contributed by atoms with Crippen LogP contribution in [0.2, 0.25) is 0 Å². The molecule has 1 N–H and O–H groups in total. The molecule has 0 bridgehead atoms. The lowest BCUT2D eigenvalue weighted by atomic mass is 9.84. The summed E-state index contributed by atoms with van der Waals surface area (Å²) in [6, 6.07) is 11.6. The van der Waals surface area contributed by atoms with Gasteiger partial charge in [0.05, 0.1) is 6.61 Å². The van der Waals surface area contributed by atoms with Gasteiger partial charge in [-0.3, -0.25) is 4.79 Å². The van der Waals surface area contributed by atoms with Crippen molar-refractivity contribution in [2.45, 2.75) is 123 Å². The number of phenols is 1. The number of phenolic OH excluding ortho intramolecular Hbond substituents is 1. The number of benzene rings is 2. The Morgan fingerprint density at radius 1 is 0.933 bits per heavy atom. The fourth-order valence-corrected chi connectivity index (χ4v) is 9.27. The highest BCUT2D eigenvalue weighted by Crippen LogP contribution is 2.54. The van der Waals surface area contributed by atoms with Crippen molar-refractivity contribution < 1.29 is 14.6 Å². The Morgan fingerprint density at radius 2 is 1.62 bits per heavy atom. The minimum absolute atomic E-state index is 0.152. The van der Waals surface area contributed by atoms with E-state index in [1.165, 1.54) is 75.4 Å². The number of esters is 1. The van der Waals surface area contributed by atoms with Crippen molar-refractivity contribution in [1.82, 2.24) is 15.0 Å². The minimum atomic E-state index is -0.283. The Kier molecular flexibility index (Phi) is 9.87. The first kappa shape index (κ1) is 32.1. The fourth-order valence-electron chi connectivity index (χ4n) is 9.27.